The van der Waals surface area contributed by atoms with E-state index in [9.17, 15) is 9.59 Å². The average Bonchev–Trinajstić information content (AvgIpc) is 3.35. The highest BCUT2D eigenvalue weighted by Crippen LogP contribution is 2.28. The van der Waals surface area contributed by atoms with E-state index in [1.54, 1.807) is 24.3 Å². The molecule has 0 amide bonds. The van der Waals surface area contributed by atoms with Gasteiger partial charge in [0.15, 0.2) is 5.69 Å². The Morgan fingerprint density at radius 3 is 2.46 bits per heavy atom. The van der Waals surface area contributed by atoms with Crippen LogP contribution in [0.3, 0.4) is 0 Å². The molecular weight excluding hydrogens is 356 g/mol. The maximum absolute atomic E-state index is 12.7. The van der Waals surface area contributed by atoms with E-state index in [4.69, 9.17) is 4.74 Å². The predicted octanol–water partition coefficient (Wildman–Crippen LogP) is 3.50. The predicted molar refractivity (Wildman–Crippen MR) is 102 cm³/mol. The summed E-state index contributed by atoms with van der Waals surface area (Å²) >= 11 is 0. The molecule has 1 aromatic heterocycles. The minimum absolute atomic E-state index is 0.118. The lowest BCUT2D eigenvalue weighted by molar-refractivity contribution is 0.0462. The summed E-state index contributed by atoms with van der Waals surface area (Å²) in [5, 5.41) is 4.54. The molecule has 0 radical (unpaired) electrons. The molecule has 0 N–H and O–H groups in total. The average molecular weight is 376 g/mol. The topological polar surface area (TPSA) is 70.4 Å². The number of fused-ring (bicyclic) bond motifs is 1. The van der Waals surface area contributed by atoms with Crippen molar-refractivity contribution in [2.45, 2.75) is 25.9 Å². The number of carbonyl (C=O) groups is 2. The number of rotatable bonds is 5. The molecule has 0 bridgehead atoms. The van der Waals surface area contributed by atoms with Crippen LogP contribution in [0.1, 0.15) is 44.1 Å². The monoisotopic (exact) mass is 376 g/mol. The van der Waals surface area contributed by atoms with Gasteiger partial charge in [0, 0.05) is 11.3 Å². The minimum Gasteiger partial charge on any atom is -0.465 e. The first-order chi connectivity index (χ1) is 13.7. The Morgan fingerprint density at radius 2 is 1.75 bits per heavy atom. The van der Waals surface area contributed by atoms with Gasteiger partial charge in [0.1, 0.15) is 6.61 Å². The molecule has 4 rings (SSSR count). The van der Waals surface area contributed by atoms with Crippen molar-refractivity contribution >= 4 is 11.9 Å². The number of para-hydroxylation sites is 1. The smallest absolute Gasteiger partial charge is 0.359 e. The van der Waals surface area contributed by atoms with Crippen molar-refractivity contribution in [3.8, 4) is 5.69 Å². The molecule has 0 unspecified atom stereocenters. The lowest BCUT2D eigenvalue weighted by atomic mass is 10.1. The quantitative estimate of drug-likeness (QED) is 0.638. The maximum Gasteiger partial charge on any atom is 0.359 e. The fourth-order valence-corrected chi connectivity index (χ4v) is 3.46. The summed E-state index contributed by atoms with van der Waals surface area (Å²) in [6, 6.07) is 16.6. The number of carbonyl (C=O) groups excluding carboxylic acids is 2. The highest BCUT2D eigenvalue weighted by atomic mass is 16.5. The Bertz CT molecular complexity index is 1010. The third kappa shape index (κ3) is 3.41. The van der Waals surface area contributed by atoms with Crippen LogP contribution in [0.4, 0.5) is 0 Å². The van der Waals surface area contributed by atoms with Crippen LogP contribution in [-0.2, 0) is 28.9 Å². The Hall–Kier alpha value is -3.41. The molecule has 1 aliphatic carbocycles. The maximum atomic E-state index is 12.7. The Morgan fingerprint density at radius 1 is 1.00 bits per heavy atom. The highest BCUT2D eigenvalue weighted by molar-refractivity contribution is 5.90. The van der Waals surface area contributed by atoms with Gasteiger partial charge in [-0.1, -0.05) is 30.3 Å². The van der Waals surface area contributed by atoms with Crippen LogP contribution >= 0.6 is 0 Å². The Kier molecular flexibility index (Phi) is 4.93. The standard InChI is InChI=1S/C22H20N2O4/c1-27-21(25)16-12-10-15(11-13-16)14-28-22(26)20-18-8-5-9-19(18)24(23-20)17-6-3-2-4-7-17/h2-4,6-7,10-13H,5,8-9,14H2,1H3. The summed E-state index contributed by atoms with van der Waals surface area (Å²) in [6.07, 6.45) is 2.75. The molecule has 1 aliphatic rings. The van der Waals surface area contributed by atoms with Gasteiger partial charge < -0.3 is 9.47 Å². The van der Waals surface area contributed by atoms with Gasteiger partial charge in [-0.15, -0.1) is 0 Å². The first-order valence-electron chi connectivity index (χ1n) is 9.18. The van der Waals surface area contributed by atoms with E-state index >= 15 is 0 Å². The Balaban J connectivity index is 1.51. The van der Waals surface area contributed by atoms with Crippen LogP contribution < -0.4 is 0 Å². The molecule has 0 saturated carbocycles. The Labute approximate surface area is 162 Å². The van der Waals surface area contributed by atoms with E-state index in [0.29, 0.717) is 11.3 Å². The van der Waals surface area contributed by atoms with Crippen molar-refractivity contribution in [1.82, 2.24) is 9.78 Å². The summed E-state index contributed by atoms with van der Waals surface area (Å²) in [7, 11) is 1.34. The molecular formula is C22H20N2O4. The van der Waals surface area contributed by atoms with Crippen molar-refractivity contribution in [1.29, 1.82) is 0 Å². The normalized spacial score (nSPS) is 12.5. The minimum atomic E-state index is -0.426. The molecule has 28 heavy (non-hydrogen) atoms. The second kappa shape index (κ2) is 7.68. The molecule has 1 heterocycles. The van der Waals surface area contributed by atoms with Crippen molar-refractivity contribution < 1.29 is 19.1 Å². The van der Waals surface area contributed by atoms with Crippen molar-refractivity contribution in [3.63, 3.8) is 0 Å². The molecule has 6 heteroatoms. The summed E-state index contributed by atoms with van der Waals surface area (Å²) in [5.41, 5.74) is 4.65. The van der Waals surface area contributed by atoms with Gasteiger partial charge in [-0.25, -0.2) is 14.3 Å². The van der Waals surface area contributed by atoms with Crippen LogP contribution in [-0.4, -0.2) is 28.8 Å². The summed E-state index contributed by atoms with van der Waals surface area (Å²) < 4.78 is 12.0. The van der Waals surface area contributed by atoms with Gasteiger partial charge in [0.2, 0.25) is 0 Å². The summed E-state index contributed by atoms with van der Waals surface area (Å²) in [4.78, 5) is 24.2. The number of ether oxygens (including phenoxy) is 2. The molecule has 3 aromatic rings. The van der Waals surface area contributed by atoms with E-state index in [1.165, 1.54) is 7.11 Å². The van der Waals surface area contributed by atoms with Crippen LogP contribution in [0.5, 0.6) is 0 Å². The second-order valence-corrected chi connectivity index (χ2v) is 6.64. The number of nitrogens with zero attached hydrogens (tertiary/aromatic N) is 2. The third-order valence-electron chi connectivity index (χ3n) is 4.87. The molecule has 0 aliphatic heterocycles. The van der Waals surface area contributed by atoms with Gasteiger partial charge in [-0.3, -0.25) is 0 Å². The first kappa shape index (κ1) is 18.0. The fraction of sp³-hybridized carbons (Fsp3) is 0.227. The van der Waals surface area contributed by atoms with Gasteiger partial charge in [-0.2, -0.15) is 5.10 Å². The van der Waals surface area contributed by atoms with Crippen LogP contribution in [0.2, 0.25) is 0 Å². The third-order valence-corrected chi connectivity index (χ3v) is 4.87. The second-order valence-electron chi connectivity index (χ2n) is 6.64. The molecule has 2 aromatic carbocycles. The van der Waals surface area contributed by atoms with Crippen LogP contribution in [0.25, 0.3) is 5.69 Å². The molecule has 0 fully saturated rings. The number of hydrogen-bond acceptors (Lipinski definition) is 5. The fourth-order valence-electron chi connectivity index (χ4n) is 3.46. The number of esters is 2. The molecule has 142 valence electrons. The zero-order valence-electron chi connectivity index (χ0n) is 15.6. The summed E-state index contributed by atoms with van der Waals surface area (Å²) in [5.74, 6) is -0.824. The number of aromatic nitrogens is 2. The van der Waals surface area contributed by atoms with Crippen molar-refractivity contribution in [3.05, 3.63) is 82.7 Å². The molecule has 6 nitrogen and oxygen atoms in total. The van der Waals surface area contributed by atoms with Crippen LogP contribution in [0.15, 0.2) is 54.6 Å². The van der Waals surface area contributed by atoms with E-state index in [0.717, 1.165) is 41.8 Å². The van der Waals surface area contributed by atoms with Crippen molar-refractivity contribution in [2.75, 3.05) is 7.11 Å². The SMILES string of the molecule is COC(=O)c1ccc(COC(=O)c2nn(-c3ccccc3)c3c2CCC3)cc1. The highest BCUT2D eigenvalue weighted by Gasteiger charge is 2.27. The zero-order chi connectivity index (χ0) is 19.5. The zero-order valence-corrected chi connectivity index (χ0v) is 15.6. The van der Waals surface area contributed by atoms with Gasteiger partial charge in [0.05, 0.1) is 18.4 Å². The lowest BCUT2D eigenvalue weighted by Gasteiger charge is -2.06. The molecule has 0 spiro atoms. The number of hydrogen-bond donors (Lipinski definition) is 0. The van der Waals surface area contributed by atoms with Crippen LogP contribution in [0, 0.1) is 0 Å². The number of benzene rings is 2. The van der Waals surface area contributed by atoms with Gasteiger partial charge in [-0.05, 0) is 49.1 Å². The molecule has 0 saturated heterocycles. The van der Waals surface area contributed by atoms with E-state index in [2.05, 4.69) is 9.84 Å². The van der Waals surface area contributed by atoms with E-state index in [-0.39, 0.29) is 6.61 Å². The van der Waals surface area contributed by atoms with Crippen molar-refractivity contribution in [2.24, 2.45) is 0 Å². The summed E-state index contributed by atoms with van der Waals surface area (Å²) in [6.45, 7) is 0.118. The lowest BCUT2D eigenvalue weighted by Crippen LogP contribution is -2.09. The van der Waals surface area contributed by atoms with E-state index < -0.39 is 11.9 Å². The first-order valence-corrected chi connectivity index (χ1v) is 9.18. The molecule has 0 atom stereocenters. The van der Waals surface area contributed by atoms with E-state index in [1.807, 2.05) is 35.0 Å². The number of methoxy groups -OCH3 is 1. The van der Waals surface area contributed by atoms with Gasteiger partial charge in [0.25, 0.3) is 0 Å². The van der Waals surface area contributed by atoms with Gasteiger partial charge >= 0.3 is 11.9 Å². The largest absolute Gasteiger partial charge is 0.465 e.